The van der Waals surface area contributed by atoms with Gasteiger partial charge in [-0.25, -0.2) is 12.8 Å². The van der Waals surface area contributed by atoms with Crippen LogP contribution in [-0.2, 0) is 14.8 Å². The third kappa shape index (κ3) is 3.81. The number of sulfonamides is 1. The Morgan fingerprint density at radius 1 is 1.43 bits per heavy atom. The molecule has 1 fully saturated rings. The van der Waals surface area contributed by atoms with E-state index in [1.807, 2.05) is 6.92 Å². The SMILES string of the molecule is CCCN(CC1CCOC1)S(=O)(=O)c1cc(F)ccc1C. The van der Waals surface area contributed by atoms with Gasteiger partial charge in [-0.05, 0) is 43.4 Å². The van der Waals surface area contributed by atoms with Crippen molar-refractivity contribution in [3.8, 4) is 0 Å². The summed E-state index contributed by atoms with van der Waals surface area (Å²) in [7, 11) is -3.67. The molecule has 1 heterocycles. The molecule has 6 heteroatoms. The number of ether oxygens (including phenoxy) is 1. The molecule has 0 saturated carbocycles. The Morgan fingerprint density at radius 3 is 2.81 bits per heavy atom. The molecule has 0 aliphatic carbocycles. The number of hydrogen-bond acceptors (Lipinski definition) is 3. The second kappa shape index (κ2) is 6.85. The van der Waals surface area contributed by atoms with Crippen molar-refractivity contribution < 1.29 is 17.5 Å². The predicted molar refractivity (Wildman–Crippen MR) is 79.1 cm³/mol. The zero-order chi connectivity index (χ0) is 15.5. The average molecular weight is 315 g/mol. The summed E-state index contributed by atoms with van der Waals surface area (Å²) in [6.07, 6.45) is 1.60. The summed E-state index contributed by atoms with van der Waals surface area (Å²) < 4.78 is 45.8. The van der Waals surface area contributed by atoms with Crippen LogP contribution >= 0.6 is 0 Å². The lowest BCUT2D eigenvalue weighted by Crippen LogP contribution is -2.36. The molecule has 0 radical (unpaired) electrons. The molecule has 4 nitrogen and oxygen atoms in total. The molecule has 1 aliphatic rings. The van der Waals surface area contributed by atoms with Gasteiger partial charge in [-0.1, -0.05) is 13.0 Å². The maximum absolute atomic E-state index is 13.4. The molecule has 1 aromatic rings. The highest BCUT2D eigenvalue weighted by Crippen LogP contribution is 2.24. The van der Waals surface area contributed by atoms with E-state index in [9.17, 15) is 12.8 Å². The van der Waals surface area contributed by atoms with Crippen molar-refractivity contribution in [3.63, 3.8) is 0 Å². The lowest BCUT2D eigenvalue weighted by molar-refractivity contribution is 0.180. The third-order valence-electron chi connectivity index (χ3n) is 3.73. The molecule has 0 N–H and O–H groups in total. The average Bonchev–Trinajstić information content (AvgIpc) is 2.94. The summed E-state index contributed by atoms with van der Waals surface area (Å²) in [5, 5.41) is 0. The number of hydrogen-bond donors (Lipinski definition) is 0. The zero-order valence-corrected chi connectivity index (χ0v) is 13.3. The van der Waals surface area contributed by atoms with Crippen molar-refractivity contribution in [1.82, 2.24) is 4.31 Å². The largest absolute Gasteiger partial charge is 0.381 e. The standard InChI is InChI=1S/C15H22FNO3S/c1-3-7-17(10-13-6-8-20-11-13)21(18,19)15-9-14(16)5-4-12(15)2/h4-5,9,13H,3,6-8,10-11H2,1-2H3. The zero-order valence-electron chi connectivity index (χ0n) is 12.5. The maximum Gasteiger partial charge on any atom is 0.243 e. The van der Waals surface area contributed by atoms with Gasteiger partial charge in [-0.3, -0.25) is 0 Å². The lowest BCUT2D eigenvalue weighted by Gasteiger charge is -2.25. The van der Waals surface area contributed by atoms with Crippen LogP contribution in [0.25, 0.3) is 0 Å². The van der Waals surface area contributed by atoms with Gasteiger partial charge in [-0.2, -0.15) is 4.31 Å². The molecule has 1 aliphatic heterocycles. The highest BCUT2D eigenvalue weighted by Gasteiger charge is 2.29. The number of nitrogens with zero attached hydrogens (tertiary/aromatic N) is 1. The van der Waals surface area contributed by atoms with Gasteiger partial charge in [0.05, 0.1) is 11.5 Å². The first-order chi connectivity index (χ1) is 9.95. The normalized spacial score (nSPS) is 19.3. The second-order valence-electron chi connectivity index (χ2n) is 5.50. The van der Waals surface area contributed by atoms with Gasteiger partial charge >= 0.3 is 0 Å². The Hall–Kier alpha value is -0.980. The fraction of sp³-hybridized carbons (Fsp3) is 0.600. The van der Waals surface area contributed by atoms with Crippen molar-refractivity contribution in [2.75, 3.05) is 26.3 Å². The smallest absolute Gasteiger partial charge is 0.243 e. The minimum atomic E-state index is -3.67. The molecule has 0 spiro atoms. The molecule has 0 amide bonds. The molecular weight excluding hydrogens is 293 g/mol. The van der Waals surface area contributed by atoms with E-state index >= 15 is 0 Å². The number of halogens is 1. The van der Waals surface area contributed by atoms with Crippen LogP contribution in [0.3, 0.4) is 0 Å². The van der Waals surface area contributed by atoms with Crippen LogP contribution in [-0.4, -0.2) is 39.0 Å². The van der Waals surface area contributed by atoms with E-state index in [0.717, 1.165) is 18.9 Å². The van der Waals surface area contributed by atoms with Crippen LogP contribution in [0.4, 0.5) is 4.39 Å². The van der Waals surface area contributed by atoms with Gasteiger partial charge in [-0.15, -0.1) is 0 Å². The third-order valence-corrected chi connectivity index (χ3v) is 5.73. The van der Waals surface area contributed by atoms with Crippen molar-refractivity contribution in [3.05, 3.63) is 29.6 Å². The summed E-state index contributed by atoms with van der Waals surface area (Å²) in [6, 6.07) is 3.90. The number of aryl methyl sites for hydroxylation is 1. The Balaban J connectivity index is 2.29. The fourth-order valence-corrected chi connectivity index (χ4v) is 4.41. The van der Waals surface area contributed by atoms with E-state index in [1.165, 1.54) is 16.4 Å². The first-order valence-corrected chi connectivity index (χ1v) is 8.73. The maximum atomic E-state index is 13.4. The van der Waals surface area contributed by atoms with Crippen LogP contribution in [0.15, 0.2) is 23.1 Å². The molecule has 1 aromatic carbocycles. The highest BCUT2D eigenvalue weighted by atomic mass is 32.2. The molecule has 1 atom stereocenters. The van der Waals surface area contributed by atoms with E-state index in [-0.39, 0.29) is 10.8 Å². The van der Waals surface area contributed by atoms with Crippen molar-refractivity contribution in [1.29, 1.82) is 0 Å². The first kappa shape index (κ1) is 16.4. The van der Waals surface area contributed by atoms with Gasteiger partial charge in [0.1, 0.15) is 5.82 Å². The van der Waals surface area contributed by atoms with Gasteiger partial charge in [0.15, 0.2) is 0 Å². The summed E-state index contributed by atoms with van der Waals surface area (Å²) in [6.45, 7) is 5.78. The fourth-order valence-electron chi connectivity index (χ4n) is 2.57. The van der Waals surface area contributed by atoms with Crippen molar-refractivity contribution >= 4 is 10.0 Å². The Morgan fingerprint density at radius 2 is 2.19 bits per heavy atom. The molecule has 0 bridgehead atoms. The molecule has 1 saturated heterocycles. The number of benzene rings is 1. The second-order valence-corrected chi connectivity index (χ2v) is 7.41. The lowest BCUT2D eigenvalue weighted by atomic mass is 10.1. The van der Waals surface area contributed by atoms with Crippen LogP contribution < -0.4 is 0 Å². The first-order valence-electron chi connectivity index (χ1n) is 7.29. The van der Waals surface area contributed by atoms with E-state index in [4.69, 9.17) is 4.74 Å². The Bertz CT molecular complexity index is 583. The molecule has 0 aromatic heterocycles. The van der Waals surface area contributed by atoms with Crippen LogP contribution in [0.5, 0.6) is 0 Å². The van der Waals surface area contributed by atoms with E-state index in [2.05, 4.69) is 0 Å². The van der Waals surface area contributed by atoms with Gasteiger partial charge in [0.2, 0.25) is 10.0 Å². The molecule has 2 rings (SSSR count). The van der Waals surface area contributed by atoms with Crippen molar-refractivity contribution in [2.45, 2.75) is 31.6 Å². The molecule has 21 heavy (non-hydrogen) atoms. The number of rotatable bonds is 6. The van der Waals surface area contributed by atoms with Gasteiger partial charge in [0, 0.05) is 19.7 Å². The summed E-state index contributed by atoms with van der Waals surface area (Å²) >= 11 is 0. The summed E-state index contributed by atoms with van der Waals surface area (Å²) in [5.74, 6) is -0.306. The predicted octanol–water partition coefficient (Wildman–Crippen LogP) is 2.57. The Labute approximate surface area is 126 Å². The summed E-state index contributed by atoms with van der Waals surface area (Å²) in [4.78, 5) is 0.0647. The van der Waals surface area contributed by atoms with E-state index < -0.39 is 15.8 Å². The van der Waals surface area contributed by atoms with E-state index in [1.54, 1.807) is 6.92 Å². The van der Waals surface area contributed by atoms with Crippen LogP contribution in [0.2, 0.25) is 0 Å². The van der Waals surface area contributed by atoms with Gasteiger partial charge in [0.25, 0.3) is 0 Å². The minimum Gasteiger partial charge on any atom is -0.381 e. The summed E-state index contributed by atoms with van der Waals surface area (Å²) in [5.41, 5.74) is 0.570. The van der Waals surface area contributed by atoms with E-state index in [0.29, 0.717) is 31.9 Å². The van der Waals surface area contributed by atoms with Gasteiger partial charge < -0.3 is 4.74 Å². The van der Waals surface area contributed by atoms with Crippen LogP contribution in [0.1, 0.15) is 25.3 Å². The molecule has 118 valence electrons. The van der Waals surface area contributed by atoms with Crippen molar-refractivity contribution in [2.24, 2.45) is 5.92 Å². The van der Waals surface area contributed by atoms with Crippen LogP contribution in [0, 0.1) is 18.7 Å². The highest BCUT2D eigenvalue weighted by molar-refractivity contribution is 7.89. The minimum absolute atomic E-state index is 0.0647. The Kier molecular flexibility index (Phi) is 5.35. The monoisotopic (exact) mass is 315 g/mol. The molecular formula is C15H22FNO3S. The quantitative estimate of drug-likeness (QED) is 0.810. The topological polar surface area (TPSA) is 46.6 Å². The molecule has 1 unspecified atom stereocenters.